The minimum absolute atomic E-state index is 0. The zero-order valence-electron chi connectivity index (χ0n) is 14.6. The van der Waals surface area contributed by atoms with Gasteiger partial charge in [0, 0.05) is 16.7 Å². The Balaban J connectivity index is 0.00000300. The number of furan rings is 1. The number of anilines is 1. The van der Waals surface area contributed by atoms with Crippen LogP contribution >= 0.6 is 23.2 Å². The number of alkyl halides is 3. The number of hydrogen-bond donors (Lipinski definition) is 1. The van der Waals surface area contributed by atoms with Crippen molar-refractivity contribution in [1.29, 1.82) is 0 Å². The van der Waals surface area contributed by atoms with Crippen molar-refractivity contribution < 1.29 is 27.9 Å². The summed E-state index contributed by atoms with van der Waals surface area (Å²) in [5, 5.41) is 3.28. The fourth-order valence-corrected chi connectivity index (χ4v) is 2.79. The average molecular weight is 444 g/mol. The number of hydrogen-bond acceptors (Lipinski definition) is 2. The van der Waals surface area contributed by atoms with Crippen molar-refractivity contribution in [2.45, 2.75) is 6.18 Å². The van der Waals surface area contributed by atoms with Crippen molar-refractivity contribution in [3.63, 3.8) is 0 Å². The van der Waals surface area contributed by atoms with Gasteiger partial charge in [0.05, 0.1) is 16.3 Å². The number of rotatable bonds is 4. The van der Waals surface area contributed by atoms with Crippen LogP contribution in [0.3, 0.4) is 0 Å². The van der Waals surface area contributed by atoms with E-state index in [9.17, 15) is 18.0 Å². The Kier molecular flexibility index (Phi) is 7.13. The van der Waals surface area contributed by atoms with Crippen LogP contribution in [0.25, 0.3) is 17.4 Å². The second-order valence-electron chi connectivity index (χ2n) is 5.69. The quantitative estimate of drug-likeness (QED) is 0.494. The van der Waals surface area contributed by atoms with E-state index in [0.29, 0.717) is 15.7 Å². The zero-order chi connectivity index (χ0) is 20.3. The molecule has 3 aromatic rings. The Morgan fingerprint density at radius 1 is 1.03 bits per heavy atom. The number of benzene rings is 2. The van der Waals surface area contributed by atoms with Crippen LogP contribution in [0.5, 0.6) is 0 Å². The summed E-state index contributed by atoms with van der Waals surface area (Å²) >= 11 is 11.8. The Bertz CT molecular complexity index is 1050. The maximum Gasteiger partial charge on any atom is 0.417 e. The lowest BCUT2D eigenvalue weighted by molar-refractivity contribution is -0.137. The highest BCUT2D eigenvalue weighted by molar-refractivity contribution is 6.35. The lowest BCUT2D eigenvalue weighted by atomic mass is 10.1. The summed E-state index contributed by atoms with van der Waals surface area (Å²) in [6.07, 6.45) is -1.99. The number of carbonyl (C=O) groups is 1. The Morgan fingerprint density at radius 3 is 2.48 bits per heavy atom. The molecule has 0 aliphatic rings. The van der Waals surface area contributed by atoms with Gasteiger partial charge < -0.3 is 15.2 Å². The minimum Gasteiger partial charge on any atom is -0.457 e. The van der Waals surface area contributed by atoms with Crippen molar-refractivity contribution in [3.8, 4) is 11.3 Å². The number of carbonyl (C=O) groups excluding carboxylic acids is 1. The van der Waals surface area contributed by atoms with E-state index in [1.54, 1.807) is 12.1 Å². The second kappa shape index (κ2) is 9.17. The Labute approximate surface area is 173 Å². The molecule has 0 saturated carbocycles. The molecule has 0 saturated heterocycles. The molecule has 152 valence electrons. The first kappa shape index (κ1) is 22.5. The van der Waals surface area contributed by atoms with Crippen LogP contribution in [0.2, 0.25) is 10.0 Å². The molecule has 0 spiro atoms. The highest BCUT2D eigenvalue weighted by Crippen LogP contribution is 2.37. The van der Waals surface area contributed by atoms with Gasteiger partial charge in [-0.15, -0.1) is 0 Å². The fraction of sp³-hybridized carbons (Fsp3) is 0.0500. The monoisotopic (exact) mass is 443 g/mol. The molecule has 0 radical (unpaired) electrons. The molecule has 0 aliphatic carbocycles. The summed E-state index contributed by atoms with van der Waals surface area (Å²) in [6.45, 7) is 0. The second-order valence-corrected chi connectivity index (χ2v) is 6.54. The van der Waals surface area contributed by atoms with E-state index in [4.69, 9.17) is 27.6 Å². The molecule has 1 amide bonds. The predicted molar refractivity (Wildman–Crippen MR) is 107 cm³/mol. The third kappa shape index (κ3) is 5.63. The van der Waals surface area contributed by atoms with Gasteiger partial charge in [-0.1, -0.05) is 41.4 Å². The van der Waals surface area contributed by atoms with E-state index in [0.717, 1.165) is 6.07 Å². The van der Waals surface area contributed by atoms with Gasteiger partial charge in [-0.2, -0.15) is 13.2 Å². The molecule has 4 nitrogen and oxygen atoms in total. The van der Waals surface area contributed by atoms with E-state index >= 15 is 0 Å². The van der Waals surface area contributed by atoms with Gasteiger partial charge in [0.2, 0.25) is 5.91 Å². The SMILES string of the molecule is O.O=C(/C=C/c1ccc(-c2ccccc2C(F)(F)F)o1)Nc1cc(Cl)ccc1Cl. The largest absolute Gasteiger partial charge is 0.457 e. The van der Waals surface area contributed by atoms with Crippen LogP contribution in [0.1, 0.15) is 11.3 Å². The van der Waals surface area contributed by atoms with Gasteiger partial charge in [0.1, 0.15) is 11.5 Å². The third-order valence-corrected chi connectivity index (χ3v) is 4.27. The lowest BCUT2D eigenvalue weighted by Gasteiger charge is -2.10. The zero-order valence-corrected chi connectivity index (χ0v) is 16.1. The van der Waals surface area contributed by atoms with Crippen molar-refractivity contribution >= 4 is 40.9 Å². The topological polar surface area (TPSA) is 73.7 Å². The molecule has 0 atom stereocenters. The summed E-state index contributed by atoms with van der Waals surface area (Å²) in [4.78, 5) is 12.0. The molecule has 29 heavy (non-hydrogen) atoms. The Hall–Kier alpha value is -2.74. The molecule has 1 aromatic heterocycles. The summed E-state index contributed by atoms with van der Waals surface area (Å²) in [5.41, 5.74) is -0.541. The van der Waals surface area contributed by atoms with E-state index in [1.807, 2.05) is 0 Å². The lowest BCUT2D eigenvalue weighted by Crippen LogP contribution is -2.08. The normalized spacial score (nSPS) is 11.3. The standard InChI is InChI=1S/C20H12Cl2F3NO2.H2O/c21-12-5-8-16(22)17(11-12)26-19(27)10-7-13-6-9-18(28-13)14-3-1-2-4-15(14)20(23,24)25;/h1-11H,(H,26,27);1H2/b10-7+;. The number of halogens is 5. The summed E-state index contributed by atoms with van der Waals surface area (Å²) in [7, 11) is 0. The average Bonchev–Trinajstić information content (AvgIpc) is 3.11. The number of amides is 1. The van der Waals surface area contributed by atoms with Gasteiger partial charge in [-0.25, -0.2) is 0 Å². The maximum absolute atomic E-state index is 13.1. The van der Waals surface area contributed by atoms with Gasteiger partial charge in [-0.05, 0) is 42.5 Å². The third-order valence-electron chi connectivity index (χ3n) is 3.71. The van der Waals surface area contributed by atoms with Gasteiger partial charge in [0.25, 0.3) is 0 Å². The van der Waals surface area contributed by atoms with E-state index < -0.39 is 17.6 Å². The molecule has 3 rings (SSSR count). The summed E-state index contributed by atoms with van der Waals surface area (Å²) in [5.74, 6) is -0.233. The molecule has 3 N–H and O–H groups in total. The minimum atomic E-state index is -4.50. The highest BCUT2D eigenvalue weighted by atomic mass is 35.5. The summed E-state index contributed by atoms with van der Waals surface area (Å²) < 4.78 is 44.8. The van der Waals surface area contributed by atoms with Crippen molar-refractivity contribution in [2.24, 2.45) is 0 Å². The van der Waals surface area contributed by atoms with Crippen molar-refractivity contribution in [1.82, 2.24) is 0 Å². The van der Waals surface area contributed by atoms with Crippen LogP contribution in [-0.2, 0) is 11.0 Å². The van der Waals surface area contributed by atoms with E-state index in [2.05, 4.69) is 5.32 Å². The molecular weight excluding hydrogens is 430 g/mol. The first-order valence-corrected chi connectivity index (χ1v) is 8.70. The molecule has 0 fully saturated rings. The molecular formula is C20H14Cl2F3NO3. The molecule has 0 bridgehead atoms. The van der Waals surface area contributed by atoms with Gasteiger partial charge in [-0.3, -0.25) is 4.79 Å². The van der Waals surface area contributed by atoms with Gasteiger partial charge >= 0.3 is 6.18 Å². The molecule has 0 unspecified atom stereocenters. The molecule has 2 aromatic carbocycles. The fourth-order valence-electron chi connectivity index (χ4n) is 2.46. The van der Waals surface area contributed by atoms with E-state index in [1.165, 1.54) is 48.6 Å². The smallest absolute Gasteiger partial charge is 0.417 e. The number of nitrogens with one attached hydrogen (secondary N) is 1. The first-order chi connectivity index (χ1) is 13.2. The van der Waals surface area contributed by atoms with Crippen molar-refractivity contribution in [2.75, 3.05) is 5.32 Å². The van der Waals surface area contributed by atoms with Crippen LogP contribution in [0.4, 0.5) is 18.9 Å². The summed E-state index contributed by atoms with van der Waals surface area (Å²) in [6, 6.07) is 12.6. The molecule has 1 heterocycles. The first-order valence-electron chi connectivity index (χ1n) is 7.94. The maximum atomic E-state index is 13.1. The molecule has 9 heteroatoms. The van der Waals surface area contributed by atoms with Crippen LogP contribution < -0.4 is 5.32 Å². The Morgan fingerprint density at radius 2 is 1.76 bits per heavy atom. The predicted octanol–water partition coefficient (Wildman–Crippen LogP) is 6.10. The van der Waals surface area contributed by atoms with Gasteiger partial charge in [0.15, 0.2) is 0 Å². The van der Waals surface area contributed by atoms with Crippen molar-refractivity contribution in [3.05, 3.63) is 82.0 Å². The van der Waals surface area contributed by atoms with Crippen LogP contribution in [0.15, 0.2) is 65.1 Å². The molecule has 0 aliphatic heterocycles. The van der Waals surface area contributed by atoms with Crippen LogP contribution in [0, 0.1) is 0 Å². The highest BCUT2D eigenvalue weighted by Gasteiger charge is 2.34. The van der Waals surface area contributed by atoms with E-state index in [-0.39, 0.29) is 22.6 Å². The van der Waals surface area contributed by atoms with Crippen LogP contribution in [-0.4, -0.2) is 11.4 Å².